The molecular formula is C38H45N3O7S. The van der Waals surface area contributed by atoms with Crippen molar-refractivity contribution < 1.29 is 32.5 Å². The molecule has 0 aliphatic carbocycles. The number of nitrogens with two attached hydrogens (primary N) is 1. The minimum absolute atomic E-state index is 0.0296. The summed E-state index contributed by atoms with van der Waals surface area (Å²) >= 11 is 0. The van der Waals surface area contributed by atoms with E-state index in [1.807, 2.05) is 84.9 Å². The number of hydrogen-bond acceptors (Lipinski definition) is 8. The zero-order valence-corrected chi connectivity index (χ0v) is 28.6. The van der Waals surface area contributed by atoms with Crippen LogP contribution in [0.1, 0.15) is 29.5 Å². The number of carbonyl (C=O) groups excluding carboxylic acids is 1. The zero-order valence-electron chi connectivity index (χ0n) is 27.8. The molecule has 4 aromatic carbocycles. The van der Waals surface area contributed by atoms with Crippen molar-refractivity contribution in [2.24, 2.45) is 11.7 Å². The summed E-state index contributed by atoms with van der Waals surface area (Å²) in [5.41, 5.74) is 9.34. The maximum atomic E-state index is 14.0. The van der Waals surface area contributed by atoms with Gasteiger partial charge < -0.3 is 30.0 Å². The number of sulfonamides is 1. The molecule has 0 unspecified atom stereocenters. The minimum atomic E-state index is -3.99. The first-order valence-electron chi connectivity index (χ1n) is 16.5. The number of amides is 1. The van der Waals surface area contributed by atoms with E-state index in [2.05, 4.69) is 0 Å². The summed E-state index contributed by atoms with van der Waals surface area (Å²) in [6, 6.07) is 32.4. The molecule has 0 aromatic heterocycles. The van der Waals surface area contributed by atoms with E-state index < -0.39 is 22.2 Å². The molecule has 11 heteroatoms. The van der Waals surface area contributed by atoms with Crippen LogP contribution in [0.25, 0.3) is 0 Å². The van der Waals surface area contributed by atoms with Crippen molar-refractivity contribution >= 4 is 16.1 Å². The monoisotopic (exact) mass is 687 g/mol. The molecule has 1 saturated heterocycles. The number of benzene rings is 4. The highest BCUT2D eigenvalue weighted by Gasteiger charge is 2.33. The number of rotatable bonds is 15. The Kier molecular flexibility index (Phi) is 12.7. The molecule has 4 aromatic rings. The Morgan fingerprint density at radius 1 is 0.837 bits per heavy atom. The number of hydrogen-bond donors (Lipinski definition) is 2. The molecule has 1 fully saturated rings. The Hall–Kier alpha value is -4.42. The maximum Gasteiger partial charge on any atom is 0.410 e. The molecular weight excluding hydrogens is 642 g/mol. The predicted molar refractivity (Wildman–Crippen MR) is 188 cm³/mol. The smallest absolute Gasteiger partial charge is 0.410 e. The molecule has 3 N–H and O–H groups in total. The average molecular weight is 688 g/mol. The second-order valence-electron chi connectivity index (χ2n) is 12.3. The van der Waals surface area contributed by atoms with E-state index in [1.54, 1.807) is 17.0 Å². The lowest BCUT2D eigenvalue weighted by molar-refractivity contribution is 0.0766. The van der Waals surface area contributed by atoms with Gasteiger partial charge in [-0.15, -0.1) is 0 Å². The topological polar surface area (TPSA) is 132 Å². The lowest BCUT2D eigenvalue weighted by Gasteiger charge is -2.35. The first kappa shape index (κ1) is 35.9. The van der Waals surface area contributed by atoms with Gasteiger partial charge >= 0.3 is 6.09 Å². The molecule has 2 atom stereocenters. The molecule has 49 heavy (non-hydrogen) atoms. The second kappa shape index (κ2) is 17.3. The number of nitrogens with zero attached hydrogens (tertiary/aromatic N) is 2. The largest absolute Gasteiger partial charge is 0.497 e. The molecule has 1 heterocycles. The van der Waals surface area contributed by atoms with E-state index in [0.717, 1.165) is 16.7 Å². The maximum absolute atomic E-state index is 14.0. The fourth-order valence-electron chi connectivity index (χ4n) is 5.78. The third-order valence-electron chi connectivity index (χ3n) is 8.76. The van der Waals surface area contributed by atoms with Crippen molar-refractivity contribution in [3.05, 3.63) is 126 Å². The first-order valence-corrected chi connectivity index (χ1v) is 17.9. The second-order valence-corrected chi connectivity index (χ2v) is 14.3. The van der Waals surface area contributed by atoms with Crippen LogP contribution in [0.4, 0.5) is 4.79 Å². The Morgan fingerprint density at radius 3 is 2.00 bits per heavy atom. The molecule has 0 bridgehead atoms. The molecule has 5 rings (SSSR count). The number of piperidine rings is 1. The third-order valence-corrected chi connectivity index (χ3v) is 10.6. The van der Waals surface area contributed by atoms with Crippen LogP contribution in [0.3, 0.4) is 0 Å². The van der Waals surface area contributed by atoms with Crippen LogP contribution >= 0.6 is 0 Å². The molecule has 1 aliphatic heterocycles. The number of likely N-dealkylation sites (tertiary alicyclic amines) is 1. The number of aliphatic hydroxyl groups is 1. The van der Waals surface area contributed by atoms with Gasteiger partial charge in [-0.05, 0) is 78.3 Å². The van der Waals surface area contributed by atoms with Gasteiger partial charge in [-0.25, -0.2) is 13.2 Å². The van der Waals surface area contributed by atoms with Gasteiger partial charge in [-0.3, -0.25) is 0 Å². The Morgan fingerprint density at radius 2 is 1.41 bits per heavy atom. The fraction of sp³-hybridized carbons (Fsp3) is 0.342. The lowest BCUT2D eigenvalue weighted by atomic mass is 9.96. The Balaban J connectivity index is 1.19. The van der Waals surface area contributed by atoms with E-state index >= 15 is 0 Å². The van der Waals surface area contributed by atoms with Gasteiger partial charge in [0, 0.05) is 32.2 Å². The molecule has 0 spiro atoms. The van der Waals surface area contributed by atoms with Crippen molar-refractivity contribution in [3.8, 4) is 11.5 Å². The summed E-state index contributed by atoms with van der Waals surface area (Å²) in [5, 5.41) is 11.3. The van der Waals surface area contributed by atoms with Gasteiger partial charge in [0.2, 0.25) is 10.0 Å². The van der Waals surface area contributed by atoms with Crippen LogP contribution in [0.2, 0.25) is 0 Å². The number of ether oxygens (including phenoxy) is 3. The van der Waals surface area contributed by atoms with Gasteiger partial charge in [-0.2, -0.15) is 4.31 Å². The van der Waals surface area contributed by atoms with Gasteiger partial charge in [0.15, 0.2) is 0 Å². The van der Waals surface area contributed by atoms with Gasteiger partial charge in [0.05, 0.1) is 18.1 Å². The fourth-order valence-corrected chi connectivity index (χ4v) is 7.31. The molecule has 1 amide bonds. The lowest BCUT2D eigenvalue weighted by Crippen LogP contribution is -2.49. The molecule has 0 saturated carbocycles. The average Bonchev–Trinajstić information content (AvgIpc) is 3.14. The van der Waals surface area contributed by atoms with Crippen LogP contribution in [0.15, 0.2) is 114 Å². The first-order chi connectivity index (χ1) is 23.7. The van der Waals surface area contributed by atoms with Crippen molar-refractivity contribution in [2.45, 2.75) is 49.5 Å². The highest BCUT2D eigenvalue weighted by atomic mass is 32.2. The predicted octanol–water partition coefficient (Wildman–Crippen LogP) is 5.24. The third kappa shape index (κ3) is 10.3. The molecule has 260 valence electrons. The van der Waals surface area contributed by atoms with E-state index in [0.29, 0.717) is 50.5 Å². The normalized spacial score (nSPS) is 15.1. The van der Waals surface area contributed by atoms with E-state index in [1.165, 1.54) is 23.5 Å². The highest BCUT2D eigenvalue weighted by Crippen LogP contribution is 2.26. The van der Waals surface area contributed by atoms with Crippen LogP contribution in [-0.2, 0) is 34.4 Å². The van der Waals surface area contributed by atoms with Gasteiger partial charge in [-0.1, -0.05) is 72.8 Å². The van der Waals surface area contributed by atoms with Gasteiger partial charge in [0.25, 0.3) is 0 Å². The number of carbonyl (C=O) groups is 1. The highest BCUT2D eigenvalue weighted by molar-refractivity contribution is 7.89. The Labute approximate surface area is 289 Å². The van der Waals surface area contributed by atoms with E-state index in [9.17, 15) is 18.3 Å². The summed E-state index contributed by atoms with van der Waals surface area (Å²) in [6.07, 6.45) is 0.0172. The van der Waals surface area contributed by atoms with Crippen molar-refractivity contribution in [2.75, 3.05) is 33.3 Å². The SMILES string of the molecule is COc1ccc(S(=O)(=O)N(CC2CCN(C(=O)OCc3ccccc3)CC2)C[C@@H](O)[C@@H](N)Cc2ccc(OCc3ccccc3)cc2)cc1. The van der Waals surface area contributed by atoms with E-state index in [4.69, 9.17) is 19.9 Å². The summed E-state index contributed by atoms with van der Waals surface area (Å²) in [6.45, 7) is 1.54. The van der Waals surface area contributed by atoms with Crippen LogP contribution in [-0.4, -0.2) is 74.3 Å². The summed E-state index contributed by atoms with van der Waals surface area (Å²) < 4.78 is 45.8. The summed E-state index contributed by atoms with van der Waals surface area (Å²) in [4.78, 5) is 14.5. The Bertz CT molecular complexity index is 1700. The molecule has 1 aliphatic rings. The van der Waals surface area contributed by atoms with Crippen molar-refractivity contribution in [1.82, 2.24) is 9.21 Å². The summed E-state index contributed by atoms with van der Waals surface area (Å²) in [5.74, 6) is 1.22. The van der Waals surface area contributed by atoms with Crippen molar-refractivity contribution in [3.63, 3.8) is 0 Å². The minimum Gasteiger partial charge on any atom is -0.497 e. The van der Waals surface area contributed by atoms with Crippen LogP contribution < -0.4 is 15.2 Å². The van der Waals surface area contributed by atoms with Crippen LogP contribution in [0.5, 0.6) is 11.5 Å². The number of methoxy groups -OCH3 is 1. The zero-order chi connectivity index (χ0) is 34.6. The molecule has 10 nitrogen and oxygen atoms in total. The quantitative estimate of drug-likeness (QED) is 0.174. The summed E-state index contributed by atoms with van der Waals surface area (Å²) in [7, 11) is -2.47. The van der Waals surface area contributed by atoms with E-state index in [-0.39, 0.29) is 36.6 Å². The van der Waals surface area contributed by atoms with Crippen LogP contribution in [0, 0.1) is 5.92 Å². The number of aliphatic hydroxyl groups excluding tert-OH is 1. The van der Waals surface area contributed by atoms with Crippen molar-refractivity contribution in [1.29, 1.82) is 0 Å². The van der Waals surface area contributed by atoms with Gasteiger partial charge in [0.1, 0.15) is 24.7 Å². The standard InChI is InChI=1S/C38H45N3O7S/c1-46-33-16-18-35(19-17-33)49(44,45)41(25-30-20-22-40(23-21-30)38(43)48-28-32-10-6-3-7-11-32)26-37(42)36(39)24-29-12-14-34(15-13-29)47-27-31-8-4-2-5-9-31/h2-19,30,36-37,42H,20-28,39H2,1H3/t36-,37+/m0/s1. The molecule has 0 radical (unpaired) electrons.